The lowest BCUT2D eigenvalue weighted by molar-refractivity contribution is 0.570. The normalized spacial score (nSPS) is 12.1. The van der Waals surface area contributed by atoms with Gasteiger partial charge in [-0.25, -0.2) is 13.1 Å². The van der Waals surface area contributed by atoms with Gasteiger partial charge in [-0.1, -0.05) is 26.0 Å². The molecule has 2 N–H and O–H groups in total. The van der Waals surface area contributed by atoms with Gasteiger partial charge in [0.1, 0.15) is 4.90 Å². The third-order valence-corrected chi connectivity index (χ3v) is 3.98. The average Bonchev–Trinajstić information content (AvgIpc) is 2.25. The second-order valence-electron chi connectivity index (χ2n) is 5.05. The molecule has 0 aliphatic rings. The van der Waals surface area contributed by atoms with E-state index in [2.05, 4.69) is 23.9 Å². The van der Waals surface area contributed by atoms with Gasteiger partial charge in [0.15, 0.2) is 0 Å². The first-order chi connectivity index (χ1) is 8.33. The molecule has 0 amide bonds. The molecule has 0 radical (unpaired) electrons. The van der Waals surface area contributed by atoms with E-state index in [9.17, 15) is 8.42 Å². The van der Waals surface area contributed by atoms with Crippen LogP contribution in [0.5, 0.6) is 0 Å². The van der Waals surface area contributed by atoms with E-state index in [1.54, 1.807) is 18.2 Å². The monoisotopic (exact) mass is 270 g/mol. The molecule has 0 aromatic heterocycles. The van der Waals surface area contributed by atoms with Crippen LogP contribution >= 0.6 is 0 Å². The van der Waals surface area contributed by atoms with Crippen molar-refractivity contribution >= 4 is 15.7 Å². The molecule has 0 atom stereocenters. The lowest BCUT2D eigenvalue weighted by Crippen LogP contribution is -2.30. The Labute approximate surface area is 110 Å². The van der Waals surface area contributed by atoms with Gasteiger partial charge < -0.3 is 5.32 Å². The van der Waals surface area contributed by atoms with Gasteiger partial charge in [-0.3, -0.25) is 0 Å². The SMILES string of the molecule is CC(C)CNc1ccccc1S(=O)(=O)NC(C)C. The van der Waals surface area contributed by atoms with Gasteiger partial charge in [0.25, 0.3) is 0 Å². The minimum Gasteiger partial charge on any atom is -0.384 e. The van der Waals surface area contributed by atoms with Crippen molar-refractivity contribution in [1.29, 1.82) is 0 Å². The van der Waals surface area contributed by atoms with Crippen LogP contribution in [0.3, 0.4) is 0 Å². The Balaban J connectivity index is 3.01. The fraction of sp³-hybridized carbons (Fsp3) is 0.538. The molecular weight excluding hydrogens is 248 g/mol. The number of rotatable bonds is 6. The molecule has 0 bridgehead atoms. The number of para-hydroxylation sites is 1. The van der Waals surface area contributed by atoms with Crippen molar-refractivity contribution in [2.75, 3.05) is 11.9 Å². The van der Waals surface area contributed by atoms with Crippen LogP contribution in [0.4, 0.5) is 5.69 Å². The summed E-state index contributed by atoms with van der Waals surface area (Å²) in [5.74, 6) is 0.457. The standard InChI is InChI=1S/C13H22N2O2S/c1-10(2)9-14-12-7-5-6-8-13(12)18(16,17)15-11(3)4/h5-8,10-11,14-15H,9H2,1-4H3. The highest BCUT2D eigenvalue weighted by molar-refractivity contribution is 7.89. The molecule has 1 aromatic carbocycles. The van der Waals surface area contributed by atoms with E-state index in [-0.39, 0.29) is 6.04 Å². The second kappa shape index (κ2) is 6.20. The van der Waals surface area contributed by atoms with Crippen LogP contribution in [0.25, 0.3) is 0 Å². The van der Waals surface area contributed by atoms with E-state index in [1.165, 1.54) is 0 Å². The molecule has 102 valence electrons. The van der Waals surface area contributed by atoms with E-state index in [0.29, 0.717) is 16.5 Å². The predicted octanol–water partition coefficient (Wildman–Crippen LogP) is 2.44. The second-order valence-corrected chi connectivity index (χ2v) is 6.73. The highest BCUT2D eigenvalue weighted by Gasteiger charge is 2.18. The Morgan fingerprint density at radius 3 is 2.28 bits per heavy atom. The Hall–Kier alpha value is -1.07. The highest BCUT2D eigenvalue weighted by atomic mass is 32.2. The van der Waals surface area contributed by atoms with Crippen molar-refractivity contribution in [1.82, 2.24) is 4.72 Å². The first-order valence-corrected chi connectivity index (χ1v) is 7.66. The maximum absolute atomic E-state index is 12.2. The molecule has 0 unspecified atom stereocenters. The lowest BCUT2D eigenvalue weighted by Gasteiger charge is -2.15. The summed E-state index contributed by atoms with van der Waals surface area (Å²) >= 11 is 0. The topological polar surface area (TPSA) is 58.2 Å². The zero-order valence-electron chi connectivity index (χ0n) is 11.4. The van der Waals surface area contributed by atoms with Gasteiger partial charge in [-0.2, -0.15) is 0 Å². The van der Waals surface area contributed by atoms with Gasteiger partial charge >= 0.3 is 0 Å². The summed E-state index contributed by atoms with van der Waals surface area (Å²) in [5.41, 5.74) is 0.652. The van der Waals surface area contributed by atoms with Crippen molar-refractivity contribution in [3.8, 4) is 0 Å². The quantitative estimate of drug-likeness (QED) is 0.834. The van der Waals surface area contributed by atoms with Gasteiger partial charge in [0, 0.05) is 12.6 Å². The third-order valence-electron chi connectivity index (χ3n) is 2.27. The lowest BCUT2D eigenvalue weighted by atomic mass is 10.2. The van der Waals surface area contributed by atoms with Gasteiger partial charge in [0.05, 0.1) is 5.69 Å². The van der Waals surface area contributed by atoms with Crippen LogP contribution in [0.1, 0.15) is 27.7 Å². The maximum atomic E-state index is 12.2. The molecule has 1 aromatic rings. The molecular formula is C13H22N2O2S. The molecule has 0 saturated heterocycles. The molecule has 0 aliphatic heterocycles. The number of anilines is 1. The van der Waals surface area contributed by atoms with Crippen molar-refractivity contribution < 1.29 is 8.42 Å². The first kappa shape index (κ1) is 15.0. The summed E-state index contributed by atoms with van der Waals surface area (Å²) in [4.78, 5) is 0.305. The van der Waals surface area contributed by atoms with Crippen LogP contribution in [0, 0.1) is 5.92 Å². The molecule has 0 aliphatic carbocycles. The zero-order valence-corrected chi connectivity index (χ0v) is 12.2. The predicted molar refractivity (Wildman–Crippen MR) is 75.2 cm³/mol. The Kier molecular flexibility index (Phi) is 5.16. The fourth-order valence-corrected chi connectivity index (χ4v) is 2.97. The molecule has 5 heteroatoms. The fourth-order valence-electron chi connectivity index (χ4n) is 1.53. The Bertz CT molecular complexity index is 482. The summed E-state index contributed by atoms with van der Waals surface area (Å²) in [6.45, 7) is 8.52. The minimum atomic E-state index is -3.45. The zero-order chi connectivity index (χ0) is 13.8. The summed E-state index contributed by atoms with van der Waals surface area (Å²) in [7, 11) is -3.45. The van der Waals surface area contributed by atoms with Crippen molar-refractivity contribution in [3.05, 3.63) is 24.3 Å². The van der Waals surface area contributed by atoms with Gasteiger partial charge in [0.2, 0.25) is 10.0 Å². The number of hydrogen-bond acceptors (Lipinski definition) is 3. The first-order valence-electron chi connectivity index (χ1n) is 6.18. The summed E-state index contributed by atoms with van der Waals surface area (Å²) in [6, 6.07) is 6.85. The molecule has 0 saturated carbocycles. The smallest absolute Gasteiger partial charge is 0.242 e. The van der Waals surface area contributed by atoms with Crippen molar-refractivity contribution in [2.24, 2.45) is 5.92 Å². The maximum Gasteiger partial charge on any atom is 0.242 e. The molecule has 18 heavy (non-hydrogen) atoms. The largest absolute Gasteiger partial charge is 0.384 e. The molecule has 1 rings (SSSR count). The number of sulfonamides is 1. The summed E-state index contributed by atoms with van der Waals surface area (Å²) in [5, 5.41) is 3.17. The van der Waals surface area contributed by atoms with Crippen LogP contribution in [-0.4, -0.2) is 21.0 Å². The van der Waals surface area contributed by atoms with Gasteiger partial charge in [-0.05, 0) is 31.9 Å². The molecule has 0 heterocycles. The number of nitrogens with one attached hydrogen (secondary N) is 2. The average molecular weight is 270 g/mol. The molecule has 0 fully saturated rings. The number of benzene rings is 1. The van der Waals surface area contributed by atoms with E-state index < -0.39 is 10.0 Å². The minimum absolute atomic E-state index is 0.117. The Morgan fingerprint density at radius 1 is 1.11 bits per heavy atom. The summed E-state index contributed by atoms with van der Waals surface area (Å²) < 4.78 is 26.9. The van der Waals surface area contributed by atoms with Crippen LogP contribution in [0.15, 0.2) is 29.2 Å². The summed E-state index contributed by atoms with van der Waals surface area (Å²) in [6.07, 6.45) is 0. The van der Waals surface area contributed by atoms with Crippen molar-refractivity contribution in [2.45, 2.75) is 38.6 Å². The third kappa shape index (κ3) is 4.31. The molecule has 0 spiro atoms. The van der Waals surface area contributed by atoms with E-state index >= 15 is 0 Å². The van der Waals surface area contributed by atoms with E-state index in [1.807, 2.05) is 19.9 Å². The Morgan fingerprint density at radius 2 is 1.72 bits per heavy atom. The van der Waals surface area contributed by atoms with Crippen LogP contribution in [0.2, 0.25) is 0 Å². The van der Waals surface area contributed by atoms with Crippen LogP contribution in [-0.2, 0) is 10.0 Å². The number of hydrogen-bond donors (Lipinski definition) is 2. The molecule has 4 nitrogen and oxygen atoms in total. The highest BCUT2D eigenvalue weighted by Crippen LogP contribution is 2.21. The van der Waals surface area contributed by atoms with Gasteiger partial charge in [-0.15, -0.1) is 0 Å². The van der Waals surface area contributed by atoms with Crippen molar-refractivity contribution in [3.63, 3.8) is 0 Å². The van der Waals surface area contributed by atoms with Crippen LogP contribution < -0.4 is 10.0 Å². The van der Waals surface area contributed by atoms with E-state index in [4.69, 9.17) is 0 Å². The van der Waals surface area contributed by atoms with E-state index in [0.717, 1.165) is 6.54 Å².